The number of aromatic nitrogens is 4. The second-order valence-electron chi connectivity index (χ2n) is 6.76. The molecule has 2 aromatic rings. The number of Topliss-reactive ketones (excluding diaryl/α,β-unsaturated/α-hetero) is 1. The first-order valence-corrected chi connectivity index (χ1v) is 8.85. The molecule has 0 radical (unpaired) electrons. The van der Waals surface area contributed by atoms with Crippen molar-refractivity contribution in [3.8, 4) is 0 Å². The number of hydrogen-bond acceptors (Lipinski definition) is 4. The van der Waals surface area contributed by atoms with Gasteiger partial charge in [0.25, 0.3) is 0 Å². The van der Waals surface area contributed by atoms with Crippen LogP contribution >= 0.6 is 0 Å². The van der Waals surface area contributed by atoms with E-state index in [9.17, 15) is 9.59 Å². The van der Waals surface area contributed by atoms with Crippen molar-refractivity contribution in [3.63, 3.8) is 0 Å². The predicted molar refractivity (Wildman–Crippen MR) is 94.7 cm³/mol. The number of ketones is 1. The van der Waals surface area contributed by atoms with Gasteiger partial charge in [0.15, 0.2) is 5.78 Å². The predicted octanol–water partition coefficient (Wildman–Crippen LogP) is 3.04. The van der Waals surface area contributed by atoms with Gasteiger partial charge in [-0.1, -0.05) is 19.3 Å². The lowest BCUT2D eigenvalue weighted by Crippen LogP contribution is -2.24. The average molecular weight is 343 g/mol. The average Bonchev–Trinajstić information content (AvgIpc) is 3.13. The molecule has 7 nitrogen and oxygen atoms in total. The molecule has 7 heteroatoms. The van der Waals surface area contributed by atoms with Gasteiger partial charge in [-0.25, -0.2) is 4.68 Å². The van der Waals surface area contributed by atoms with Crippen LogP contribution in [0.4, 0.5) is 5.82 Å². The Morgan fingerprint density at radius 3 is 2.60 bits per heavy atom. The third-order valence-corrected chi connectivity index (χ3v) is 4.89. The molecule has 1 fully saturated rings. The highest BCUT2D eigenvalue weighted by atomic mass is 16.2. The zero-order chi connectivity index (χ0) is 18.0. The van der Waals surface area contributed by atoms with Crippen LogP contribution in [0.2, 0.25) is 0 Å². The second kappa shape index (κ2) is 7.21. The first-order chi connectivity index (χ1) is 12.0. The summed E-state index contributed by atoms with van der Waals surface area (Å²) in [6.07, 6.45) is 7.61. The van der Waals surface area contributed by atoms with Gasteiger partial charge in [-0.15, -0.1) is 0 Å². The van der Waals surface area contributed by atoms with Crippen LogP contribution in [-0.2, 0) is 11.3 Å². The fourth-order valence-electron chi connectivity index (χ4n) is 3.71. The van der Waals surface area contributed by atoms with Crippen LogP contribution in [0.1, 0.15) is 66.8 Å². The molecule has 0 aliphatic heterocycles. The van der Waals surface area contributed by atoms with Gasteiger partial charge in [-0.2, -0.15) is 10.2 Å². The van der Waals surface area contributed by atoms with Gasteiger partial charge in [0.2, 0.25) is 5.91 Å². The van der Waals surface area contributed by atoms with Gasteiger partial charge >= 0.3 is 0 Å². The number of carbonyl (C=O) groups is 2. The lowest BCUT2D eigenvalue weighted by Gasteiger charge is -2.23. The van der Waals surface area contributed by atoms with Crippen molar-refractivity contribution in [3.05, 3.63) is 29.2 Å². The standard InChI is InChI=1S/C18H25N5O2/c1-12-18(14(3)24)13(2)22(21-12)11-17(25)20-16-9-10-19-23(16)15-7-5-4-6-8-15/h9-10,15H,4-8,11H2,1-3H3,(H,20,25). The van der Waals surface area contributed by atoms with E-state index < -0.39 is 0 Å². The van der Waals surface area contributed by atoms with Crippen molar-refractivity contribution in [1.29, 1.82) is 0 Å². The first-order valence-electron chi connectivity index (χ1n) is 8.85. The quantitative estimate of drug-likeness (QED) is 0.846. The summed E-state index contributed by atoms with van der Waals surface area (Å²) in [6, 6.07) is 2.19. The molecule has 2 aromatic heterocycles. The summed E-state index contributed by atoms with van der Waals surface area (Å²) >= 11 is 0. The van der Waals surface area contributed by atoms with Gasteiger partial charge in [-0.05, 0) is 33.6 Å². The molecule has 1 amide bonds. The number of carbonyl (C=O) groups excluding carboxylic acids is 2. The highest BCUT2D eigenvalue weighted by Crippen LogP contribution is 2.29. The van der Waals surface area contributed by atoms with Crippen LogP contribution in [0.15, 0.2) is 12.3 Å². The van der Waals surface area contributed by atoms with Crippen LogP contribution in [0.3, 0.4) is 0 Å². The minimum atomic E-state index is -0.168. The fourth-order valence-corrected chi connectivity index (χ4v) is 3.71. The number of nitrogens with one attached hydrogen (secondary N) is 1. The molecule has 3 rings (SSSR count). The fraction of sp³-hybridized carbons (Fsp3) is 0.556. The third-order valence-electron chi connectivity index (χ3n) is 4.89. The lowest BCUT2D eigenvalue weighted by molar-refractivity contribution is -0.117. The van der Waals surface area contributed by atoms with Crippen LogP contribution < -0.4 is 5.32 Å². The Balaban J connectivity index is 1.71. The van der Waals surface area contributed by atoms with Crippen LogP contribution in [-0.4, -0.2) is 31.3 Å². The van der Waals surface area contributed by atoms with Crippen molar-refractivity contribution in [1.82, 2.24) is 19.6 Å². The van der Waals surface area contributed by atoms with E-state index in [1.165, 1.54) is 26.2 Å². The van der Waals surface area contributed by atoms with Crippen LogP contribution in [0.5, 0.6) is 0 Å². The maximum Gasteiger partial charge on any atom is 0.247 e. The number of hydrogen-bond donors (Lipinski definition) is 1. The number of amides is 1. The maximum atomic E-state index is 12.5. The maximum absolute atomic E-state index is 12.5. The normalized spacial score (nSPS) is 15.3. The molecule has 134 valence electrons. The Morgan fingerprint density at radius 1 is 1.24 bits per heavy atom. The Morgan fingerprint density at radius 2 is 1.96 bits per heavy atom. The number of aryl methyl sites for hydroxylation is 1. The topological polar surface area (TPSA) is 81.8 Å². The molecule has 0 saturated heterocycles. The first kappa shape index (κ1) is 17.4. The molecule has 0 bridgehead atoms. The third kappa shape index (κ3) is 3.65. The summed E-state index contributed by atoms with van der Waals surface area (Å²) in [6.45, 7) is 5.20. The number of anilines is 1. The van der Waals surface area contributed by atoms with Gasteiger partial charge < -0.3 is 5.32 Å². The summed E-state index contributed by atoms with van der Waals surface area (Å²) in [5, 5.41) is 11.7. The number of rotatable bonds is 5. The van der Waals surface area contributed by atoms with E-state index in [2.05, 4.69) is 15.5 Å². The largest absolute Gasteiger partial charge is 0.309 e. The molecule has 1 saturated carbocycles. The Kier molecular flexibility index (Phi) is 5.01. The van der Waals surface area contributed by atoms with Crippen molar-refractivity contribution in [2.45, 2.75) is 65.5 Å². The van der Waals surface area contributed by atoms with E-state index in [0.29, 0.717) is 17.3 Å². The van der Waals surface area contributed by atoms with E-state index in [1.807, 2.05) is 17.7 Å². The van der Waals surface area contributed by atoms with Crippen molar-refractivity contribution in [2.75, 3.05) is 5.32 Å². The Labute approximate surface area is 147 Å². The molecule has 0 aromatic carbocycles. The summed E-state index contributed by atoms with van der Waals surface area (Å²) in [5.41, 5.74) is 1.98. The van der Waals surface area contributed by atoms with Gasteiger partial charge in [-0.3, -0.25) is 14.3 Å². The molecule has 0 atom stereocenters. The summed E-state index contributed by atoms with van der Waals surface area (Å²) in [4.78, 5) is 24.2. The molecule has 1 N–H and O–H groups in total. The highest BCUT2D eigenvalue weighted by Gasteiger charge is 2.20. The Bertz CT molecular complexity index is 783. The molecule has 2 heterocycles. The van der Waals surface area contributed by atoms with Gasteiger partial charge in [0.1, 0.15) is 12.4 Å². The molecule has 0 unspecified atom stereocenters. The summed E-state index contributed by atoms with van der Waals surface area (Å²) in [5.74, 6) is 0.528. The highest BCUT2D eigenvalue weighted by molar-refractivity contribution is 5.96. The molecule has 1 aliphatic rings. The lowest BCUT2D eigenvalue weighted by atomic mass is 9.96. The van der Waals surface area contributed by atoms with E-state index >= 15 is 0 Å². The zero-order valence-electron chi connectivity index (χ0n) is 15.1. The van der Waals surface area contributed by atoms with E-state index in [0.717, 1.165) is 24.4 Å². The SMILES string of the molecule is CC(=O)c1c(C)nn(CC(=O)Nc2ccnn2C2CCCCC2)c1C. The van der Waals surface area contributed by atoms with Gasteiger partial charge in [0.05, 0.1) is 23.5 Å². The minimum Gasteiger partial charge on any atom is -0.309 e. The summed E-state index contributed by atoms with van der Waals surface area (Å²) < 4.78 is 3.52. The molecular weight excluding hydrogens is 318 g/mol. The molecule has 25 heavy (non-hydrogen) atoms. The van der Waals surface area contributed by atoms with E-state index in [1.54, 1.807) is 17.8 Å². The van der Waals surface area contributed by atoms with Crippen LogP contribution in [0.25, 0.3) is 0 Å². The second-order valence-corrected chi connectivity index (χ2v) is 6.76. The molecular formula is C18H25N5O2. The van der Waals surface area contributed by atoms with Gasteiger partial charge in [0, 0.05) is 11.8 Å². The minimum absolute atomic E-state index is 0.0305. The van der Waals surface area contributed by atoms with Crippen LogP contribution in [0, 0.1) is 13.8 Å². The number of nitrogens with zero attached hydrogens (tertiary/aromatic N) is 4. The Hall–Kier alpha value is -2.44. The van der Waals surface area contributed by atoms with Crippen molar-refractivity contribution < 1.29 is 9.59 Å². The molecule has 1 aliphatic carbocycles. The zero-order valence-corrected chi connectivity index (χ0v) is 15.1. The van der Waals surface area contributed by atoms with E-state index in [-0.39, 0.29) is 18.2 Å². The smallest absolute Gasteiger partial charge is 0.247 e. The van der Waals surface area contributed by atoms with E-state index in [4.69, 9.17) is 0 Å². The molecule has 0 spiro atoms. The summed E-state index contributed by atoms with van der Waals surface area (Å²) in [7, 11) is 0. The van der Waals surface area contributed by atoms with Crippen molar-refractivity contribution >= 4 is 17.5 Å². The van der Waals surface area contributed by atoms with Crippen molar-refractivity contribution in [2.24, 2.45) is 0 Å². The monoisotopic (exact) mass is 343 g/mol.